The number of pyridine rings is 2. The lowest BCUT2D eigenvalue weighted by molar-refractivity contribution is 0.0951. The van der Waals surface area contributed by atoms with Crippen LogP contribution < -0.4 is 10.9 Å². The molecule has 0 fully saturated rings. The molecule has 6 nitrogen and oxygen atoms in total. The van der Waals surface area contributed by atoms with Gasteiger partial charge in [0.05, 0.1) is 17.3 Å². The van der Waals surface area contributed by atoms with Gasteiger partial charge in [0.2, 0.25) is 0 Å². The molecule has 0 spiro atoms. The summed E-state index contributed by atoms with van der Waals surface area (Å²) < 4.78 is 2.11. The zero-order chi connectivity index (χ0) is 21.3. The first-order chi connectivity index (χ1) is 14.5. The van der Waals surface area contributed by atoms with E-state index in [2.05, 4.69) is 32.0 Å². The van der Waals surface area contributed by atoms with Gasteiger partial charge in [-0.1, -0.05) is 30.3 Å². The monoisotopic (exact) mass is 400 g/mol. The van der Waals surface area contributed by atoms with Gasteiger partial charge >= 0.3 is 0 Å². The highest BCUT2D eigenvalue weighted by atomic mass is 16.2. The predicted molar refractivity (Wildman–Crippen MR) is 118 cm³/mol. The number of nitrogens with one attached hydrogen (secondary N) is 2. The van der Waals surface area contributed by atoms with Crippen molar-refractivity contribution in [1.82, 2.24) is 19.9 Å². The second-order valence-electron chi connectivity index (χ2n) is 7.55. The highest BCUT2D eigenvalue weighted by Crippen LogP contribution is 2.26. The Hall–Kier alpha value is -3.67. The molecular formula is C24H24N4O2. The van der Waals surface area contributed by atoms with Gasteiger partial charge in [-0.3, -0.25) is 14.6 Å². The third-order valence-electron chi connectivity index (χ3n) is 5.46. The average molecular weight is 400 g/mol. The van der Waals surface area contributed by atoms with Crippen LogP contribution in [-0.4, -0.2) is 20.4 Å². The second kappa shape index (κ2) is 7.99. The van der Waals surface area contributed by atoms with Gasteiger partial charge in [-0.25, -0.2) is 0 Å². The fourth-order valence-corrected chi connectivity index (χ4v) is 3.94. The van der Waals surface area contributed by atoms with E-state index in [-0.39, 0.29) is 18.0 Å². The lowest BCUT2D eigenvalue weighted by atomic mass is 10.1. The first kappa shape index (κ1) is 19.6. The van der Waals surface area contributed by atoms with Crippen LogP contribution in [0.4, 0.5) is 0 Å². The number of aryl methyl sites for hydroxylation is 2. The first-order valence-corrected chi connectivity index (χ1v) is 9.90. The molecule has 2 N–H and O–H groups in total. The molecule has 6 heteroatoms. The molecule has 0 aliphatic heterocycles. The fraction of sp³-hybridized carbons (Fsp3) is 0.208. The molecule has 0 unspecified atom stereocenters. The lowest BCUT2D eigenvalue weighted by Crippen LogP contribution is -2.28. The summed E-state index contributed by atoms with van der Waals surface area (Å²) in [5.74, 6) is -0.199. The van der Waals surface area contributed by atoms with E-state index in [0.717, 1.165) is 33.4 Å². The van der Waals surface area contributed by atoms with Crippen LogP contribution in [0.25, 0.3) is 10.9 Å². The van der Waals surface area contributed by atoms with Crippen molar-refractivity contribution < 1.29 is 4.79 Å². The van der Waals surface area contributed by atoms with Crippen molar-refractivity contribution in [2.75, 3.05) is 0 Å². The SMILES string of the molecule is Cc1cc(C)c(CNC(=O)c2c(C)n(Cc3ccccc3)c3cnccc23)c(=O)[nH]1. The Morgan fingerprint density at radius 2 is 1.90 bits per heavy atom. The standard InChI is InChI=1S/C24H24N4O2/c1-15-11-16(2)27-23(29)20(15)12-26-24(30)22-17(3)28(14-18-7-5-4-6-8-18)21-13-25-10-9-19(21)22/h4-11,13H,12,14H2,1-3H3,(H,26,30)(H,27,29). The van der Waals surface area contributed by atoms with E-state index in [4.69, 9.17) is 0 Å². The van der Waals surface area contributed by atoms with Crippen LogP contribution in [0.15, 0.2) is 59.7 Å². The number of hydrogen-bond donors (Lipinski definition) is 2. The number of rotatable bonds is 5. The molecule has 0 atom stereocenters. The number of H-pyrrole nitrogens is 1. The van der Waals surface area contributed by atoms with Gasteiger partial charge < -0.3 is 14.9 Å². The molecule has 152 valence electrons. The molecule has 1 aromatic carbocycles. The molecule has 3 heterocycles. The number of aromatic amines is 1. The number of carbonyl (C=O) groups is 1. The van der Waals surface area contributed by atoms with Crippen LogP contribution in [0.5, 0.6) is 0 Å². The van der Waals surface area contributed by atoms with E-state index >= 15 is 0 Å². The van der Waals surface area contributed by atoms with Crippen molar-refractivity contribution in [3.63, 3.8) is 0 Å². The number of nitrogens with zero attached hydrogens (tertiary/aromatic N) is 2. The summed E-state index contributed by atoms with van der Waals surface area (Å²) in [6, 6.07) is 13.9. The normalized spacial score (nSPS) is 11.0. The molecular weight excluding hydrogens is 376 g/mol. The van der Waals surface area contributed by atoms with Gasteiger partial charge in [0.25, 0.3) is 11.5 Å². The van der Waals surface area contributed by atoms with Crippen LogP contribution >= 0.6 is 0 Å². The zero-order valence-electron chi connectivity index (χ0n) is 17.3. The predicted octanol–water partition coefficient (Wildman–Crippen LogP) is 3.63. The Labute approximate surface area is 174 Å². The van der Waals surface area contributed by atoms with Gasteiger partial charge in [0.1, 0.15) is 0 Å². The van der Waals surface area contributed by atoms with Crippen LogP contribution in [0.1, 0.15) is 38.4 Å². The molecule has 0 saturated carbocycles. The fourth-order valence-electron chi connectivity index (χ4n) is 3.94. The van der Waals surface area contributed by atoms with Gasteiger partial charge in [0, 0.05) is 41.6 Å². The molecule has 30 heavy (non-hydrogen) atoms. The van der Waals surface area contributed by atoms with Crippen molar-refractivity contribution in [2.24, 2.45) is 0 Å². The van der Waals surface area contributed by atoms with Gasteiger partial charge in [-0.15, -0.1) is 0 Å². The second-order valence-corrected chi connectivity index (χ2v) is 7.55. The molecule has 1 amide bonds. The number of carbonyl (C=O) groups excluding carboxylic acids is 1. The minimum absolute atomic E-state index is 0.166. The summed E-state index contributed by atoms with van der Waals surface area (Å²) in [5.41, 5.74) is 5.62. The number of hydrogen-bond acceptors (Lipinski definition) is 3. The van der Waals surface area contributed by atoms with Crippen molar-refractivity contribution in [2.45, 2.75) is 33.9 Å². The topological polar surface area (TPSA) is 79.8 Å². The Morgan fingerprint density at radius 3 is 2.63 bits per heavy atom. The number of aromatic nitrogens is 3. The smallest absolute Gasteiger partial charge is 0.254 e. The first-order valence-electron chi connectivity index (χ1n) is 9.90. The Morgan fingerprint density at radius 1 is 1.13 bits per heavy atom. The summed E-state index contributed by atoms with van der Waals surface area (Å²) in [4.78, 5) is 32.5. The summed E-state index contributed by atoms with van der Waals surface area (Å²) in [6.45, 7) is 6.50. The maximum atomic E-state index is 13.2. The van der Waals surface area contributed by atoms with E-state index in [1.807, 2.05) is 51.1 Å². The third kappa shape index (κ3) is 3.64. The maximum absolute atomic E-state index is 13.2. The molecule has 4 aromatic rings. The Bertz CT molecular complexity index is 1290. The van der Waals surface area contributed by atoms with Crippen molar-refractivity contribution in [3.05, 3.63) is 98.9 Å². The molecule has 0 aliphatic rings. The lowest BCUT2D eigenvalue weighted by Gasteiger charge is -2.10. The molecule has 0 bridgehead atoms. The quantitative estimate of drug-likeness (QED) is 0.537. The number of benzene rings is 1. The molecule has 3 aromatic heterocycles. The highest BCUT2D eigenvalue weighted by Gasteiger charge is 2.20. The summed E-state index contributed by atoms with van der Waals surface area (Å²) in [5, 5.41) is 3.79. The minimum Gasteiger partial charge on any atom is -0.348 e. The van der Waals surface area contributed by atoms with Crippen LogP contribution in [0, 0.1) is 20.8 Å². The minimum atomic E-state index is -0.199. The van der Waals surface area contributed by atoms with Crippen LogP contribution in [0.3, 0.4) is 0 Å². The summed E-state index contributed by atoms with van der Waals surface area (Å²) in [7, 11) is 0. The van der Waals surface area contributed by atoms with E-state index in [1.165, 1.54) is 0 Å². The Balaban J connectivity index is 1.68. The van der Waals surface area contributed by atoms with Gasteiger partial charge in [-0.2, -0.15) is 0 Å². The largest absolute Gasteiger partial charge is 0.348 e. The van der Waals surface area contributed by atoms with E-state index in [1.54, 1.807) is 12.4 Å². The van der Waals surface area contributed by atoms with Crippen LogP contribution in [-0.2, 0) is 13.1 Å². The summed E-state index contributed by atoms with van der Waals surface area (Å²) in [6.07, 6.45) is 3.48. The molecule has 0 aliphatic carbocycles. The highest BCUT2D eigenvalue weighted by molar-refractivity contribution is 6.08. The number of amides is 1. The molecule has 4 rings (SSSR count). The third-order valence-corrected chi connectivity index (χ3v) is 5.46. The maximum Gasteiger partial charge on any atom is 0.254 e. The molecule has 0 saturated heterocycles. The van der Waals surface area contributed by atoms with Crippen molar-refractivity contribution in [1.29, 1.82) is 0 Å². The molecule has 0 radical (unpaired) electrons. The average Bonchev–Trinajstić information content (AvgIpc) is 2.99. The van der Waals surface area contributed by atoms with Crippen LogP contribution in [0.2, 0.25) is 0 Å². The number of fused-ring (bicyclic) bond motifs is 1. The van der Waals surface area contributed by atoms with Gasteiger partial charge in [-0.05, 0) is 44.0 Å². The zero-order valence-corrected chi connectivity index (χ0v) is 17.3. The van der Waals surface area contributed by atoms with E-state index in [9.17, 15) is 9.59 Å². The Kier molecular flexibility index (Phi) is 5.23. The van der Waals surface area contributed by atoms with E-state index in [0.29, 0.717) is 17.7 Å². The van der Waals surface area contributed by atoms with Crippen molar-refractivity contribution in [3.8, 4) is 0 Å². The van der Waals surface area contributed by atoms with Gasteiger partial charge in [0.15, 0.2) is 0 Å². The van der Waals surface area contributed by atoms with Crippen molar-refractivity contribution >= 4 is 16.8 Å². The van der Waals surface area contributed by atoms with E-state index < -0.39 is 0 Å². The summed E-state index contributed by atoms with van der Waals surface area (Å²) >= 11 is 0.